The molecule has 21 heavy (non-hydrogen) atoms. The zero-order valence-corrected chi connectivity index (χ0v) is 12.5. The zero-order valence-electron chi connectivity index (χ0n) is 11.8. The van der Waals surface area contributed by atoms with Crippen molar-refractivity contribution in [3.63, 3.8) is 0 Å². The van der Waals surface area contributed by atoms with Crippen LogP contribution in [0.15, 0.2) is 54.7 Å². The van der Waals surface area contributed by atoms with Gasteiger partial charge in [0.15, 0.2) is 0 Å². The average Bonchev–Trinajstić information content (AvgIpc) is 2.83. The van der Waals surface area contributed by atoms with E-state index in [1.807, 2.05) is 43.3 Å². The molecule has 3 aromatic rings. The number of ether oxygens (including phenoxy) is 1. The number of fused-ring (bicyclic) bond motifs is 1. The molecule has 1 aromatic heterocycles. The van der Waals surface area contributed by atoms with Gasteiger partial charge in [-0.05, 0) is 48.9 Å². The summed E-state index contributed by atoms with van der Waals surface area (Å²) in [6.45, 7) is 2.63. The van der Waals surface area contributed by atoms with Crippen molar-refractivity contribution in [1.82, 2.24) is 4.57 Å². The standard InChI is InChI=1S/C17H17ClN2O/c1-12(19)21-16-6-7-17-14(10-16)8-9-20(17)11-13-2-4-15(18)5-3-13/h2-10,12H,11,19H2,1H3. The first-order chi connectivity index (χ1) is 10.1. The number of nitrogens with zero attached hydrogens (tertiary/aromatic N) is 1. The van der Waals surface area contributed by atoms with Crippen LogP contribution in [0.4, 0.5) is 0 Å². The van der Waals surface area contributed by atoms with Gasteiger partial charge in [0.25, 0.3) is 0 Å². The van der Waals surface area contributed by atoms with Crippen LogP contribution in [0.3, 0.4) is 0 Å². The maximum absolute atomic E-state index is 5.92. The summed E-state index contributed by atoms with van der Waals surface area (Å²) >= 11 is 5.92. The molecule has 1 atom stereocenters. The number of benzene rings is 2. The number of aromatic nitrogens is 1. The van der Waals surface area contributed by atoms with Gasteiger partial charge in [-0.25, -0.2) is 0 Å². The van der Waals surface area contributed by atoms with E-state index in [2.05, 4.69) is 22.9 Å². The van der Waals surface area contributed by atoms with Gasteiger partial charge in [0.1, 0.15) is 12.0 Å². The molecule has 1 unspecified atom stereocenters. The average molecular weight is 301 g/mol. The van der Waals surface area contributed by atoms with E-state index in [1.54, 1.807) is 0 Å². The van der Waals surface area contributed by atoms with Crippen molar-refractivity contribution < 1.29 is 4.74 Å². The molecule has 0 radical (unpaired) electrons. The van der Waals surface area contributed by atoms with Gasteiger partial charge in [-0.1, -0.05) is 23.7 Å². The molecule has 2 N–H and O–H groups in total. The molecule has 0 fully saturated rings. The normalized spacial score (nSPS) is 12.5. The van der Waals surface area contributed by atoms with E-state index in [1.165, 1.54) is 11.1 Å². The van der Waals surface area contributed by atoms with E-state index < -0.39 is 0 Å². The summed E-state index contributed by atoms with van der Waals surface area (Å²) in [7, 11) is 0. The first-order valence-electron chi connectivity index (χ1n) is 6.87. The second-order valence-electron chi connectivity index (χ2n) is 5.11. The van der Waals surface area contributed by atoms with E-state index in [9.17, 15) is 0 Å². The van der Waals surface area contributed by atoms with Crippen molar-refractivity contribution in [2.75, 3.05) is 0 Å². The van der Waals surface area contributed by atoms with E-state index in [0.29, 0.717) is 0 Å². The number of hydrogen-bond donors (Lipinski definition) is 1. The molecule has 0 spiro atoms. The van der Waals surface area contributed by atoms with Gasteiger partial charge in [-0.3, -0.25) is 5.73 Å². The number of nitrogens with two attached hydrogens (primary N) is 1. The van der Waals surface area contributed by atoms with E-state index in [4.69, 9.17) is 22.1 Å². The van der Waals surface area contributed by atoms with Crippen LogP contribution >= 0.6 is 11.6 Å². The third-order valence-electron chi connectivity index (χ3n) is 3.33. The summed E-state index contributed by atoms with van der Waals surface area (Å²) < 4.78 is 7.72. The third kappa shape index (κ3) is 3.20. The lowest BCUT2D eigenvalue weighted by molar-refractivity contribution is 0.230. The largest absolute Gasteiger partial charge is 0.476 e. The highest BCUT2D eigenvalue weighted by atomic mass is 35.5. The minimum Gasteiger partial charge on any atom is -0.476 e. The van der Waals surface area contributed by atoms with E-state index in [0.717, 1.165) is 22.7 Å². The van der Waals surface area contributed by atoms with Gasteiger partial charge in [-0.15, -0.1) is 0 Å². The van der Waals surface area contributed by atoms with Crippen LogP contribution in [0.2, 0.25) is 5.02 Å². The van der Waals surface area contributed by atoms with Crippen LogP contribution in [0, 0.1) is 0 Å². The summed E-state index contributed by atoms with van der Waals surface area (Å²) in [4.78, 5) is 0. The molecule has 0 saturated heterocycles. The summed E-state index contributed by atoms with van der Waals surface area (Å²) in [5, 5.41) is 1.90. The molecule has 0 saturated carbocycles. The minimum atomic E-state index is -0.307. The van der Waals surface area contributed by atoms with Crippen molar-refractivity contribution in [2.24, 2.45) is 5.73 Å². The Balaban J connectivity index is 1.88. The molecule has 4 heteroatoms. The lowest BCUT2D eigenvalue weighted by Crippen LogP contribution is -2.22. The Bertz CT molecular complexity index is 747. The fourth-order valence-electron chi connectivity index (χ4n) is 2.39. The van der Waals surface area contributed by atoms with Crippen molar-refractivity contribution in [1.29, 1.82) is 0 Å². The summed E-state index contributed by atoms with van der Waals surface area (Å²) in [6.07, 6.45) is 1.77. The molecule has 108 valence electrons. The first-order valence-corrected chi connectivity index (χ1v) is 7.25. The van der Waals surface area contributed by atoms with E-state index in [-0.39, 0.29) is 6.23 Å². The quantitative estimate of drug-likeness (QED) is 0.739. The van der Waals surface area contributed by atoms with Gasteiger partial charge in [0.2, 0.25) is 0 Å². The SMILES string of the molecule is CC(N)Oc1ccc2c(ccn2Cc2ccc(Cl)cc2)c1. The lowest BCUT2D eigenvalue weighted by atomic mass is 10.2. The Kier molecular flexibility index (Phi) is 3.86. The smallest absolute Gasteiger partial charge is 0.144 e. The molecule has 0 aliphatic rings. The number of halogens is 1. The van der Waals surface area contributed by atoms with Crippen molar-refractivity contribution in [3.05, 3.63) is 65.3 Å². The Morgan fingerprint density at radius 1 is 1.14 bits per heavy atom. The molecule has 0 aliphatic carbocycles. The van der Waals surface area contributed by atoms with Crippen molar-refractivity contribution >= 4 is 22.5 Å². The Hall–Kier alpha value is -1.97. The third-order valence-corrected chi connectivity index (χ3v) is 3.58. The minimum absolute atomic E-state index is 0.307. The van der Waals surface area contributed by atoms with Gasteiger partial charge < -0.3 is 9.30 Å². The second kappa shape index (κ2) is 5.80. The Morgan fingerprint density at radius 2 is 1.90 bits per heavy atom. The van der Waals surface area contributed by atoms with Crippen LogP contribution in [0.1, 0.15) is 12.5 Å². The number of rotatable bonds is 4. The molecule has 0 aliphatic heterocycles. The molecule has 1 heterocycles. The molecule has 3 nitrogen and oxygen atoms in total. The first kappa shape index (κ1) is 14.0. The van der Waals surface area contributed by atoms with Crippen LogP contribution in [-0.4, -0.2) is 10.8 Å². The Labute approximate surface area is 128 Å². The molecule has 2 aromatic carbocycles. The number of hydrogen-bond acceptors (Lipinski definition) is 2. The maximum Gasteiger partial charge on any atom is 0.144 e. The maximum atomic E-state index is 5.92. The highest BCUT2D eigenvalue weighted by Crippen LogP contribution is 2.23. The van der Waals surface area contributed by atoms with Crippen LogP contribution in [0.5, 0.6) is 5.75 Å². The second-order valence-corrected chi connectivity index (χ2v) is 5.55. The zero-order chi connectivity index (χ0) is 14.8. The topological polar surface area (TPSA) is 40.2 Å². The van der Waals surface area contributed by atoms with Crippen LogP contribution in [-0.2, 0) is 6.54 Å². The lowest BCUT2D eigenvalue weighted by Gasteiger charge is -2.10. The molecule has 0 bridgehead atoms. The van der Waals surface area contributed by atoms with Crippen molar-refractivity contribution in [3.8, 4) is 5.75 Å². The fourth-order valence-corrected chi connectivity index (χ4v) is 2.52. The summed E-state index contributed by atoms with van der Waals surface area (Å²) in [5.74, 6) is 0.793. The van der Waals surface area contributed by atoms with Crippen LogP contribution < -0.4 is 10.5 Å². The predicted molar refractivity (Wildman–Crippen MR) is 86.8 cm³/mol. The monoisotopic (exact) mass is 300 g/mol. The highest BCUT2D eigenvalue weighted by Gasteiger charge is 2.05. The highest BCUT2D eigenvalue weighted by molar-refractivity contribution is 6.30. The van der Waals surface area contributed by atoms with Gasteiger partial charge in [0, 0.05) is 28.7 Å². The van der Waals surface area contributed by atoms with Gasteiger partial charge >= 0.3 is 0 Å². The predicted octanol–water partition coefficient (Wildman–Crippen LogP) is 4.03. The summed E-state index contributed by atoms with van der Waals surface area (Å²) in [6, 6.07) is 16.0. The fraction of sp³-hybridized carbons (Fsp3) is 0.176. The molecular weight excluding hydrogens is 284 g/mol. The Morgan fingerprint density at radius 3 is 2.62 bits per heavy atom. The van der Waals surface area contributed by atoms with Crippen molar-refractivity contribution in [2.45, 2.75) is 19.7 Å². The molecular formula is C17H17ClN2O. The van der Waals surface area contributed by atoms with Gasteiger partial charge in [0.05, 0.1) is 0 Å². The summed E-state index contributed by atoms with van der Waals surface area (Å²) in [5.41, 5.74) is 8.03. The molecule has 3 rings (SSSR count). The van der Waals surface area contributed by atoms with Gasteiger partial charge in [-0.2, -0.15) is 0 Å². The van der Waals surface area contributed by atoms with E-state index >= 15 is 0 Å². The van der Waals surface area contributed by atoms with Crippen LogP contribution in [0.25, 0.3) is 10.9 Å². The molecule has 0 amide bonds.